The van der Waals surface area contributed by atoms with Crippen molar-refractivity contribution in [2.45, 2.75) is 70.5 Å². The Bertz CT molecular complexity index is 667. The van der Waals surface area contributed by atoms with E-state index in [1.165, 1.54) is 6.07 Å². The first-order valence-corrected chi connectivity index (χ1v) is 9.52. The van der Waals surface area contributed by atoms with E-state index in [1.807, 2.05) is 13.8 Å². The Balaban J connectivity index is 1.35. The zero-order chi connectivity index (χ0) is 18.3. The molecule has 4 rings (SSSR count). The van der Waals surface area contributed by atoms with Crippen LogP contribution >= 0.6 is 0 Å². The van der Waals surface area contributed by atoms with Crippen LogP contribution in [0.3, 0.4) is 0 Å². The molecule has 4 N–H and O–H groups in total. The molecule has 1 aliphatic carbocycles. The summed E-state index contributed by atoms with van der Waals surface area (Å²) in [7, 11) is 0. The van der Waals surface area contributed by atoms with E-state index in [2.05, 4.69) is 21.5 Å². The first kappa shape index (κ1) is 17.7. The van der Waals surface area contributed by atoms with Gasteiger partial charge in [-0.05, 0) is 44.7 Å². The van der Waals surface area contributed by atoms with Gasteiger partial charge in [0.25, 0.3) is 0 Å². The topological polar surface area (TPSA) is 74.4 Å². The number of aryl methyl sites for hydroxylation is 1. The zero-order valence-electron chi connectivity index (χ0n) is 15.3. The van der Waals surface area contributed by atoms with Crippen molar-refractivity contribution in [3.8, 4) is 0 Å². The van der Waals surface area contributed by atoms with Crippen molar-refractivity contribution in [1.29, 1.82) is 0 Å². The normalized spacial score (nSPS) is 33.6. The van der Waals surface area contributed by atoms with Crippen molar-refractivity contribution in [3.63, 3.8) is 0 Å². The predicted octanol–water partition coefficient (Wildman–Crippen LogP) is 1.94. The summed E-state index contributed by atoms with van der Waals surface area (Å²) in [5, 5.41) is 6.38. The number of hydrogen-bond acceptors (Lipinski definition) is 5. The highest BCUT2D eigenvalue weighted by Crippen LogP contribution is 2.32. The number of anilines is 1. The highest BCUT2D eigenvalue weighted by Gasteiger charge is 2.35. The van der Waals surface area contributed by atoms with Gasteiger partial charge < -0.3 is 15.4 Å². The summed E-state index contributed by atoms with van der Waals surface area (Å²) in [4.78, 5) is 12.7. The van der Waals surface area contributed by atoms with Gasteiger partial charge in [-0.2, -0.15) is 0 Å². The largest absolute Gasteiger partial charge is 0.373 e. The number of nitrogens with one attached hydrogen (secondary N) is 4. The molecule has 3 aliphatic rings. The van der Waals surface area contributed by atoms with Gasteiger partial charge in [-0.15, -0.1) is 0 Å². The van der Waals surface area contributed by atoms with Crippen LogP contribution < -0.4 is 21.5 Å². The lowest BCUT2D eigenvalue weighted by atomic mass is 9.84. The summed E-state index contributed by atoms with van der Waals surface area (Å²) in [5.74, 6) is 0.0922. The third-order valence-corrected chi connectivity index (χ3v) is 5.78. The molecule has 0 spiro atoms. The summed E-state index contributed by atoms with van der Waals surface area (Å²) in [6.07, 6.45) is 4.44. The summed E-state index contributed by atoms with van der Waals surface area (Å²) in [5.41, 5.74) is 8.64. The second-order valence-corrected chi connectivity index (χ2v) is 7.74. The lowest BCUT2D eigenvalue weighted by Crippen LogP contribution is -2.48. The van der Waals surface area contributed by atoms with Crippen LogP contribution in [0.2, 0.25) is 0 Å². The Morgan fingerprint density at radius 1 is 1.31 bits per heavy atom. The molecule has 2 heterocycles. The fourth-order valence-electron chi connectivity index (χ4n) is 4.38. The Morgan fingerprint density at radius 2 is 2.15 bits per heavy atom. The van der Waals surface area contributed by atoms with Crippen molar-refractivity contribution in [2.75, 3.05) is 5.32 Å². The van der Waals surface area contributed by atoms with Crippen molar-refractivity contribution in [1.82, 2.24) is 16.2 Å². The van der Waals surface area contributed by atoms with Gasteiger partial charge in [0.2, 0.25) is 5.91 Å². The van der Waals surface area contributed by atoms with Crippen molar-refractivity contribution >= 4 is 11.6 Å². The number of ether oxygens (including phenoxy) is 1. The molecule has 1 aromatic carbocycles. The summed E-state index contributed by atoms with van der Waals surface area (Å²) >= 11 is 0. The van der Waals surface area contributed by atoms with E-state index < -0.39 is 6.04 Å². The number of halogens is 1. The molecule has 0 bridgehead atoms. The first-order chi connectivity index (χ1) is 12.5. The van der Waals surface area contributed by atoms with Gasteiger partial charge in [-0.25, -0.2) is 15.2 Å². The lowest BCUT2D eigenvalue weighted by Gasteiger charge is -2.33. The molecule has 5 atom stereocenters. The predicted molar refractivity (Wildman–Crippen MR) is 96.7 cm³/mol. The van der Waals surface area contributed by atoms with Crippen LogP contribution in [0.1, 0.15) is 43.7 Å². The minimum Gasteiger partial charge on any atom is -0.373 e. The average Bonchev–Trinajstić information content (AvgIpc) is 3.26. The van der Waals surface area contributed by atoms with Crippen LogP contribution in [0.15, 0.2) is 12.1 Å². The number of benzene rings is 1. The van der Waals surface area contributed by atoms with E-state index in [9.17, 15) is 9.18 Å². The third kappa shape index (κ3) is 3.43. The average molecular weight is 362 g/mol. The van der Waals surface area contributed by atoms with Crippen LogP contribution in [0, 0.1) is 18.7 Å². The Hall–Kier alpha value is -1.70. The SMILES string of the molecule is Cc1ccc(F)c2c1NC(C(=O)N[C@@H]1CCC[C@H](C3NNC(C)O3)C1)C2. The smallest absolute Gasteiger partial charge is 0.243 e. The lowest BCUT2D eigenvalue weighted by molar-refractivity contribution is -0.123. The monoisotopic (exact) mass is 362 g/mol. The molecule has 3 unspecified atom stereocenters. The Labute approximate surface area is 153 Å². The van der Waals surface area contributed by atoms with Gasteiger partial charge in [0.15, 0.2) is 0 Å². The first-order valence-electron chi connectivity index (χ1n) is 9.52. The maximum atomic E-state index is 14.0. The summed E-state index contributed by atoms with van der Waals surface area (Å²) < 4.78 is 19.9. The summed E-state index contributed by atoms with van der Waals surface area (Å²) in [6, 6.07) is 2.96. The molecule has 0 radical (unpaired) electrons. The molecule has 142 valence electrons. The minimum absolute atomic E-state index is 0.00434. The molecule has 1 saturated carbocycles. The van der Waals surface area contributed by atoms with E-state index >= 15 is 0 Å². The number of amides is 1. The number of carbonyl (C=O) groups is 1. The van der Waals surface area contributed by atoms with Crippen LogP contribution in [0.25, 0.3) is 0 Å². The Kier molecular flexibility index (Phi) is 4.86. The van der Waals surface area contributed by atoms with Gasteiger partial charge >= 0.3 is 0 Å². The molecule has 26 heavy (non-hydrogen) atoms. The fraction of sp³-hybridized carbons (Fsp3) is 0.632. The van der Waals surface area contributed by atoms with Gasteiger partial charge in [-0.3, -0.25) is 4.79 Å². The molecule has 2 fully saturated rings. The Morgan fingerprint density at radius 3 is 2.88 bits per heavy atom. The minimum atomic E-state index is -0.400. The van der Waals surface area contributed by atoms with E-state index in [4.69, 9.17) is 4.74 Å². The number of fused-ring (bicyclic) bond motifs is 1. The van der Waals surface area contributed by atoms with Crippen LogP contribution in [-0.4, -0.2) is 30.4 Å². The van der Waals surface area contributed by atoms with Crippen LogP contribution in [0.5, 0.6) is 0 Å². The standard InChI is InChI=1S/C19H27FN4O2/c1-10-6-7-15(20)14-9-16(22-17(10)14)18(25)21-13-5-3-4-12(8-13)19-24-23-11(2)26-19/h6-7,11-13,16,19,22-24H,3-5,8-9H2,1-2H3,(H,21,25)/t11?,12-,13+,16?,19?/m0/s1. The second-order valence-electron chi connectivity index (χ2n) is 7.74. The van der Waals surface area contributed by atoms with E-state index in [-0.39, 0.29) is 30.2 Å². The molecular formula is C19H27FN4O2. The molecule has 6 nitrogen and oxygen atoms in total. The van der Waals surface area contributed by atoms with Crippen LogP contribution in [-0.2, 0) is 16.0 Å². The third-order valence-electron chi connectivity index (χ3n) is 5.78. The quantitative estimate of drug-likeness (QED) is 0.661. The van der Waals surface area contributed by atoms with Crippen molar-refractivity contribution < 1.29 is 13.9 Å². The van der Waals surface area contributed by atoms with E-state index in [0.717, 1.165) is 36.9 Å². The van der Waals surface area contributed by atoms with Crippen LogP contribution in [0.4, 0.5) is 10.1 Å². The molecular weight excluding hydrogens is 335 g/mol. The van der Waals surface area contributed by atoms with E-state index in [0.29, 0.717) is 17.9 Å². The highest BCUT2D eigenvalue weighted by atomic mass is 19.1. The number of hydrogen-bond donors (Lipinski definition) is 4. The molecule has 0 aromatic heterocycles. The number of hydrazine groups is 1. The van der Waals surface area contributed by atoms with E-state index in [1.54, 1.807) is 6.07 Å². The molecule has 7 heteroatoms. The summed E-state index contributed by atoms with van der Waals surface area (Å²) in [6.45, 7) is 3.90. The van der Waals surface area contributed by atoms with Gasteiger partial charge in [0.1, 0.15) is 24.3 Å². The highest BCUT2D eigenvalue weighted by molar-refractivity contribution is 5.88. The number of carbonyl (C=O) groups excluding carboxylic acids is 1. The van der Waals surface area contributed by atoms with Crippen molar-refractivity contribution in [2.24, 2.45) is 5.92 Å². The second kappa shape index (κ2) is 7.13. The molecule has 1 amide bonds. The maximum absolute atomic E-state index is 14.0. The van der Waals surface area contributed by atoms with Gasteiger partial charge in [0, 0.05) is 29.6 Å². The molecule has 1 saturated heterocycles. The maximum Gasteiger partial charge on any atom is 0.243 e. The fourth-order valence-corrected chi connectivity index (χ4v) is 4.38. The van der Waals surface area contributed by atoms with Gasteiger partial charge in [-0.1, -0.05) is 12.5 Å². The van der Waals surface area contributed by atoms with Gasteiger partial charge in [0.05, 0.1) is 0 Å². The molecule has 2 aliphatic heterocycles. The number of rotatable bonds is 3. The molecule has 1 aromatic rings. The zero-order valence-corrected chi connectivity index (χ0v) is 15.3. The van der Waals surface area contributed by atoms with Crippen molar-refractivity contribution in [3.05, 3.63) is 29.1 Å².